The molecule has 0 bridgehead atoms. The second-order valence-electron chi connectivity index (χ2n) is 4.99. The minimum Gasteiger partial charge on any atom is -0.396 e. The minimum absolute atomic E-state index is 0.0684. The quantitative estimate of drug-likeness (QED) is 0.869. The number of nitrogens with one attached hydrogen (secondary N) is 1. The van der Waals surface area contributed by atoms with Crippen molar-refractivity contribution in [1.29, 1.82) is 0 Å². The molecule has 1 aromatic rings. The highest BCUT2D eigenvalue weighted by molar-refractivity contribution is 5.27. The molecular formula is C14H19F2NO. The van der Waals surface area contributed by atoms with E-state index in [2.05, 4.69) is 5.32 Å². The normalized spacial score (nSPS) is 24.8. The Balaban J connectivity index is 2.35. The molecule has 1 aliphatic heterocycles. The summed E-state index contributed by atoms with van der Waals surface area (Å²) < 4.78 is 26.4. The lowest BCUT2D eigenvalue weighted by molar-refractivity contribution is 0.223. The van der Waals surface area contributed by atoms with Crippen molar-refractivity contribution < 1.29 is 13.9 Å². The van der Waals surface area contributed by atoms with Gasteiger partial charge < -0.3 is 10.4 Å². The van der Waals surface area contributed by atoms with Crippen LogP contribution in [0.4, 0.5) is 8.78 Å². The van der Waals surface area contributed by atoms with Gasteiger partial charge in [-0.15, -0.1) is 0 Å². The van der Waals surface area contributed by atoms with Crippen LogP contribution >= 0.6 is 0 Å². The first-order valence-corrected chi connectivity index (χ1v) is 6.45. The first-order valence-electron chi connectivity index (χ1n) is 6.45. The van der Waals surface area contributed by atoms with Crippen molar-refractivity contribution in [3.05, 3.63) is 35.4 Å². The van der Waals surface area contributed by atoms with Crippen molar-refractivity contribution in [1.82, 2.24) is 5.32 Å². The molecule has 100 valence electrons. The predicted octanol–water partition coefficient (Wildman–Crippen LogP) is 2.36. The van der Waals surface area contributed by atoms with Crippen molar-refractivity contribution in [2.24, 2.45) is 0 Å². The molecule has 1 atom stereocenters. The third kappa shape index (κ3) is 2.70. The SMILES string of the molecule is OCCC1(c2ccc(F)c(F)c2)CCCNCC1. The van der Waals surface area contributed by atoms with Crippen LogP contribution in [-0.2, 0) is 5.41 Å². The van der Waals surface area contributed by atoms with Crippen LogP contribution in [0.2, 0.25) is 0 Å². The highest BCUT2D eigenvalue weighted by Crippen LogP contribution is 2.37. The number of rotatable bonds is 3. The maximum atomic E-state index is 13.4. The molecule has 0 saturated carbocycles. The molecule has 18 heavy (non-hydrogen) atoms. The zero-order valence-electron chi connectivity index (χ0n) is 10.4. The summed E-state index contributed by atoms with van der Waals surface area (Å²) >= 11 is 0. The maximum Gasteiger partial charge on any atom is 0.159 e. The van der Waals surface area contributed by atoms with Gasteiger partial charge in [0.25, 0.3) is 0 Å². The summed E-state index contributed by atoms with van der Waals surface area (Å²) in [5.74, 6) is -1.62. The summed E-state index contributed by atoms with van der Waals surface area (Å²) in [5, 5.41) is 12.6. The van der Waals surface area contributed by atoms with E-state index in [1.165, 1.54) is 12.1 Å². The number of hydrogen-bond donors (Lipinski definition) is 2. The van der Waals surface area contributed by atoms with Crippen LogP contribution in [-0.4, -0.2) is 24.8 Å². The van der Waals surface area contributed by atoms with Crippen LogP contribution in [0.3, 0.4) is 0 Å². The van der Waals surface area contributed by atoms with E-state index in [1.807, 2.05) is 0 Å². The highest BCUT2D eigenvalue weighted by Gasteiger charge is 2.32. The molecule has 1 saturated heterocycles. The van der Waals surface area contributed by atoms with Gasteiger partial charge in [-0.3, -0.25) is 0 Å². The molecule has 0 aliphatic carbocycles. The third-order valence-electron chi connectivity index (χ3n) is 3.91. The second kappa shape index (κ2) is 5.76. The average Bonchev–Trinajstić information content (AvgIpc) is 2.60. The van der Waals surface area contributed by atoms with Gasteiger partial charge in [-0.2, -0.15) is 0 Å². The monoisotopic (exact) mass is 255 g/mol. The largest absolute Gasteiger partial charge is 0.396 e. The van der Waals surface area contributed by atoms with Crippen LogP contribution in [0.5, 0.6) is 0 Å². The molecule has 1 aromatic carbocycles. The molecular weight excluding hydrogens is 236 g/mol. The Hall–Kier alpha value is -1.00. The molecule has 1 fully saturated rings. The maximum absolute atomic E-state index is 13.4. The summed E-state index contributed by atoms with van der Waals surface area (Å²) in [6.07, 6.45) is 3.32. The van der Waals surface area contributed by atoms with Crippen LogP contribution in [0.15, 0.2) is 18.2 Å². The Bertz CT molecular complexity index is 401. The Morgan fingerprint density at radius 2 is 2.00 bits per heavy atom. The fourth-order valence-electron chi connectivity index (χ4n) is 2.85. The standard InChI is InChI=1S/C14H19F2NO/c15-12-3-2-11(10-13(12)16)14(6-9-18)4-1-7-17-8-5-14/h2-3,10,17-18H,1,4-9H2. The van der Waals surface area contributed by atoms with Gasteiger partial charge in [-0.05, 0) is 61.9 Å². The number of benzene rings is 1. The van der Waals surface area contributed by atoms with Gasteiger partial charge >= 0.3 is 0 Å². The number of aliphatic hydroxyl groups excluding tert-OH is 1. The first kappa shape index (κ1) is 13.4. The highest BCUT2D eigenvalue weighted by atomic mass is 19.2. The molecule has 1 heterocycles. The average molecular weight is 255 g/mol. The van der Waals surface area contributed by atoms with Crippen LogP contribution in [0, 0.1) is 11.6 Å². The number of aliphatic hydroxyl groups is 1. The molecule has 2 rings (SSSR count). The van der Waals surface area contributed by atoms with E-state index in [0.717, 1.165) is 37.9 Å². The lowest BCUT2D eigenvalue weighted by Crippen LogP contribution is -2.29. The zero-order valence-corrected chi connectivity index (χ0v) is 10.4. The zero-order chi connectivity index (χ0) is 13.0. The van der Waals surface area contributed by atoms with E-state index < -0.39 is 11.6 Å². The Labute approximate surface area is 106 Å². The van der Waals surface area contributed by atoms with Crippen LogP contribution in [0.1, 0.15) is 31.2 Å². The third-order valence-corrected chi connectivity index (χ3v) is 3.91. The lowest BCUT2D eigenvalue weighted by atomic mass is 9.72. The number of hydrogen-bond acceptors (Lipinski definition) is 2. The summed E-state index contributed by atoms with van der Waals surface area (Å²) in [6, 6.07) is 4.12. The molecule has 0 spiro atoms. The Morgan fingerprint density at radius 3 is 2.72 bits per heavy atom. The van der Waals surface area contributed by atoms with Crippen molar-refractivity contribution >= 4 is 0 Å². The topological polar surface area (TPSA) is 32.3 Å². The van der Waals surface area contributed by atoms with Gasteiger partial charge in [0.05, 0.1) is 0 Å². The van der Waals surface area contributed by atoms with Gasteiger partial charge in [-0.1, -0.05) is 6.07 Å². The van der Waals surface area contributed by atoms with Crippen LogP contribution in [0.25, 0.3) is 0 Å². The van der Waals surface area contributed by atoms with E-state index >= 15 is 0 Å². The predicted molar refractivity (Wildman–Crippen MR) is 66.5 cm³/mol. The van der Waals surface area contributed by atoms with Crippen LogP contribution < -0.4 is 5.32 Å². The fraction of sp³-hybridized carbons (Fsp3) is 0.571. The summed E-state index contributed by atoms with van der Waals surface area (Å²) in [6.45, 7) is 1.86. The van der Waals surface area contributed by atoms with E-state index in [9.17, 15) is 13.9 Å². The van der Waals surface area contributed by atoms with E-state index in [1.54, 1.807) is 6.07 Å². The first-order chi connectivity index (χ1) is 8.68. The molecule has 0 radical (unpaired) electrons. The van der Waals surface area contributed by atoms with E-state index in [-0.39, 0.29) is 12.0 Å². The van der Waals surface area contributed by atoms with Crippen molar-refractivity contribution in [3.8, 4) is 0 Å². The van der Waals surface area contributed by atoms with E-state index in [0.29, 0.717) is 6.42 Å². The van der Waals surface area contributed by atoms with Gasteiger partial charge in [-0.25, -0.2) is 8.78 Å². The summed E-state index contributed by atoms with van der Waals surface area (Å²) in [7, 11) is 0. The molecule has 1 unspecified atom stereocenters. The van der Waals surface area contributed by atoms with Gasteiger partial charge in [0.1, 0.15) is 0 Å². The Morgan fingerprint density at radius 1 is 1.17 bits per heavy atom. The van der Waals surface area contributed by atoms with Gasteiger partial charge in [0.2, 0.25) is 0 Å². The minimum atomic E-state index is -0.815. The lowest BCUT2D eigenvalue weighted by Gasteiger charge is -2.33. The smallest absolute Gasteiger partial charge is 0.159 e. The molecule has 0 amide bonds. The Kier molecular flexibility index (Phi) is 4.30. The van der Waals surface area contributed by atoms with Crippen molar-refractivity contribution in [3.63, 3.8) is 0 Å². The van der Waals surface area contributed by atoms with Gasteiger partial charge in [0, 0.05) is 6.61 Å². The van der Waals surface area contributed by atoms with Gasteiger partial charge in [0.15, 0.2) is 11.6 Å². The molecule has 0 aromatic heterocycles. The van der Waals surface area contributed by atoms with Crippen molar-refractivity contribution in [2.45, 2.75) is 31.1 Å². The fourth-order valence-corrected chi connectivity index (χ4v) is 2.85. The van der Waals surface area contributed by atoms with E-state index in [4.69, 9.17) is 0 Å². The summed E-state index contributed by atoms with van der Waals surface area (Å²) in [4.78, 5) is 0. The molecule has 1 aliphatic rings. The number of halogens is 2. The van der Waals surface area contributed by atoms with Crippen molar-refractivity contribution in [2.75, 3.05) is 19.7 Å². The summed E-state index contributed by atoms with van der Waals surface area (Å²) in [5.41, 5.74) is 0.575. The molecule has 2 N–H and O–H groups in total. The molecule has 2 nitrogen and oxygen atoms in total. The second-order valence-corrected chi connectivity index (χ2v) is 4.99. The molecule has 4 heteroatoms.